The molecule has 2 unspecified atom stereocenters. The third kappa shape index (κ3) is 6.27. The van der Waals surface area contributed by atoms with Gasteiger partial charge in [-0.1, -0.05) is 6.07 Å². The van der Waals surface area contributed by atoms with Crippen molar-refractivity contribution in [2.45, 2.75) is 25.6 Å². The summed E-state index contributed by atoms with van der Waals surface area (Å²) in [7, 11) is 0. The van der Waals surface area contributed by atoms with Crippen LogP contribution in [0.3, 0.4) is 0 Å². The molecule has 0 bridgehead atoms. The lowest BCUT2D eigenvalue weighted by molar-refractivity contribution is -0.126. The molecule has 0 radical (unpaired) electrons. The summed E-state index contributed by atoms with van der Waals surface area (Å²) in [6, 6.07) is 3.75. The number of carbonyl (C=O) groups excluding carboxylic acids is 1. The van der Waals surface area contributed by atoms with E-state index < -0.39 is 0 Å². The summed E-state index contributed by atoms with van der Waals surface area (Å²) < 4.78 is 10.8. The zero-order chi connectivity index (χ0) is 16.1. The van der Waals surface area contributed by atoms with Crippen molar-refractivity contribution in [3.05, 3.63) is 23.9 Å². The second-order valence-corrected chi connectivity index (χ2v) is 5.95. The Morgan fingerprint density at radius 1 is 1.40 bits per heavy atom. The van der Waals surface area contributed by atoms with E-state index >= 15 is 0 Å². The lowest BCUT2D eigenvalue weighted by atomic mass is 10.2. The van der Waals surface area contributed by atoms with Crippen molar-refractivity contribution in [3.63, 3.8) is 0 Å². The highest BCUT2D eigenvalue weighted by Crippen LogP contribution is 2.15. The Labute approximate surface area is 160 Å². The molecule has 25 heavy (non-hydrogen) atoms. The number of hydrogen-bond acceptors (Lipinski definition) is 6. The molecule has 2 saturated heterocycles. The second-order valence-electron chi connectivity index (χ2n) is 5.95. The number of hydrogen-bond donors (Lipinski definition) is 2. The molecule has 2 aliphatic heterocycles. The molecular weight excluding hydrogens is 367 g/mol. The molecule has 0 spiro atoms. The smallest absolute Gasteiger partial charge is 0.239 e. The number of aromatic nitrogens is 1. The van der Waals surface area contributed by atoms with Gasteiger partial charge in [0.05, 0.1) is 25.9 Å². The summed E-state index contributed by atoms with van der Waals surface area (Å²) in [5, 5.41) is 6.06. The maximum absolute atomic E-state index is 12.0. The van der Waals surface area contributed by atoms with E-state index in [0.717, 1.165) is 31.1 Å². The van der Waals surface area contributed by atoms with Gasteiger partial charge in [0.15, 0.2) is 0 Å². The molecule has 142 valence electrons. The van der Waals surface area contributed by atoms with Crippen molar-refractivity contribution in [1.82, 2.24) is 15.6 Å². The van der Waals surface area contributed by atoms with Crippen LogP contribution >= 0.6 is 24.8 Å². The summed E-state index contributed by atoms with van der Waals surface area (Å²) in [5.41, 5.74) is 0.986. The molecule has 9 heteroatoms. The van der Waals surface area contributed by atoms with Gasteiger partial charge in [0.1, 0.15) is 11.9 Å². The molecule has 2 aliphatic rings. The Morgan fingerprint density at radius 2 is 2.24 bits per heavy atom. The number of amides is 1. The van der Waals surface area contributed by atoms with E-state index in [-0.39, 0.29) is 42.9 Å². The summed E-state index contributed by atoms with van der Waals surface area (Å²) in [5.74, 6) is 0.924. The van der Waals surface area contributed by atoms with Crippen LogP contribution in [0.5, 0.6) is 0 Å². The van der Waals surface area contributed by atoms with Crippen LogP contribution < -0.4 is 15.5 Å². The Hall–Kier alpha value is -1.12. The third-order valence-electron chi connectivity index (χ3n) is 4.08. The van der Waals surface area contributed by atoms with Gasteiger partial charge in [0, 0.05) is 32.4 Å². The molecule has 0 aromatic carbocycles. The number of rotatable bonds is 4. The van der Waals surface area contributed by atoms with Crippen molar-refractivity contribution < 1.29 is 14.3 Å². The quantitative estimate of drug-likeness (QED) is 0.787. The highest BCUT2D eigenvalue weighted by molar-refractivity contribution is 5.85. The largest absolute Gasteiger partial charge is 0.378 e. The number of morpholine rings is 2. The zero-order valence-electron chi connectivity index (χ0n) is 14.3. The van der Waals surface area contributed by atoms with Crippen LogP contribution in [-0.4, -0.2) is 62.5 Å². The second kappa shape index (κ2) is 10.8. The van der Waals surface area contributed by atoms with E-state index in [1.54, 1.807) is 0 Å². The van der Waals surface area contributed by atoms with Gasteiger partial charge < -0.3 is 25.0 Å². The minimum absolute atomic E-state index is 0. The predicted molar refractivity (Wildman–Crippen MR) is 101 cm³/mol. The van der Waals surface area contributed by atoms with Crippen LogP contribution in [0.15, 0.2) is 18.3 Å². The monoisotopic (exact) mass is 392 g/mol. The number of carbonyl (C=O) groups is 1. The van der Waals surface area contributed by atoms with Gasteiger partial charge in [-0.3, -0.25) is 4.79 Å². The fourth-order valence-corrected chi connectivity index (χ4v) is 2.78. The van der Waals surface area contributed by atoms with Crippen LogP contribution in [0, 0.1) is 0 Å². The summed E-state index contributed by atoms with van der Waals surface area (Å²) in [6.07, 6.45) is 2.05. The molecular formula is C16H26Cl2N4O3. The maximum atomic E-state index is 12.0. The number of nitrogens with zero attached hydrogens (tertiary/aromatic N) is 2. The van der Waals surface area contributed by atoms with Crippen molar-refractivity contribution in [2.24, 2.45) is 0 Å². The molecule has 2 fully saturated rings. The van der Waals surface area contributed by atoms with E-state index in [1.807, 2.05) is 18.3 Å². The van der Waals surface area contributed by atoms with Gasteiger partial charge in [-0.15, -0.1) is 24.8 Å². The fraction of sp³-hybridized carbons (Fsp3) is 0.625. The van der Waals surface area contributed by atoms with Gasteiger partial charge in [-0.05, 0) is 18.6 Å². The molecule has 3 heterocycles. The summed E-state index contributed by atoms with van der Waals surface area (Å²) in [4.78, 5) is 18.8. The van der Waals surface area contributed by atoms with Crippen LogP contribution in [0.25, 0.3) is 0 Å². The number of pyridine rings is 1. The van der Waals surface area contributed by atoms with Crippen molar-refractivity contribution >= 4 is 36.5 Å². The zero-order valence-corrected chi connectivity index (χ0v) is 15.9. The molecule has 1 aromatic heterocycles. The SMILES string of the molecule is CC1CN(c2ccc(CNC(=O)C3COCCN3)cn2)CCO1.Cl.Cl. The van der Waals surface area contributed by atoms with Gasteiger partial charge in [0.25, 0.3) is 0 Å². The molecule has 2 atom stereocenters. The van der Waals surface area contributed by atoms with Gasteiger partial charge in [0.2, 0.25) is 5.91 Å². The Kier molecular flexibility index (Phi) is 9.45. The molecule has 7 nitrogen and oxygen atoms in total. The number of halogens is 2. The number of ether oxygens (including phenoxy) is 2. The highest BCUT2D eigenvalue weighted by atomic mass is 35.5. The number of nitrogens with one attached hydrogen (secondary N) is 2. The summed E-state index contributed by atoms with van der Waals surface area (Å²) in [6.45, 7) is 6.80. The third-order valence-corrected chi connectivity index (χ3v) is 4.08. The van der Waals surface area contributed by atoms with Crippen LogP contribution in [0.4, 0.5) is 5.82 Å². The van der Waals surface area contributed by atoms with Gasteiger partial charge in [-0.2, -0.15) is 0 Å². The lowest BCUT2D eigenvalue weighted by Crippen LogP contribution is -2.51. The van der Waals surface area contributed by atoms with Crippen molar-refractivity contribution in [2.75, 3.05) is 44.4 Å². The Bertz CT molecular complexity index is 527. The average Bonchev–Trinajstić information content (AvgIpc) is 2.61. The predicted octanol–water partition coefficient (Wildman–Crippen LogP) is 0.755. The van der Waals surface area contributed by atoms with Crippen LogP contribution in [0.1, 0.15) is 12.5 Å². The van der Waals surface area contributed by atoms with E-state index in [9.17, 15) is 4.79 Å². The normalized spacial score (nSPS) is 23.2. The van der Waals surface area contributed by atoms with E-state index in [0.29, 0.717) is 26.3 Å². The minimum atomic E-state index is -0.259. The first-order valence-electron chi connectivity index (χ1n) is 8.12. The Balaban J connectivity index is 0.00000156. The standard InChI is InChI=1S/C16H24N4O3.2ClH/c1-12-10-20(5-7-23-12)15-3-2-13(8-18-15)9-19-16(21)14-11-22-6-4-17-14;;/h2-3,8,12,14,17H,4-7,9-11H2,1H3,(H,19,21);2*1H. The number of anilines is 1. The molecule has 1 aromatic rings. The summed E-state index contributed by atoms with van der Waals surface area (Å²) >= 11 is 0. The molecule has 2 N–H and O–H groups in total. The molecule has 1 amide bonds. The fourth-order valence-electron chi connectivity index (χ4n) is 2.78. The van der Waals surface area contributed by atoms with Crippen molar-refractivity contribution in [3.8, 4) is 0 Å². The molecule has 0 aliphatic carbocycles. The van der Waals surface area contributed by atoms with E-state index in [1.165, 1.54) is 0 Å². The van der Waals surface area contributed by atoms with Gasteiger partial charge in [-0.25, -0.2) is 4.98 Å². The van der Waals surface area contributed by atoms with Gasteiger partial charge >= 0.3 is 0 Å². The van der Waals surface area contributed by atoms with E-state index in [4.69, 9.17) is 9.47 Å². The topological polar surface area (TPSA) is 75.7 Å². The average molecular weight is 393 g/mol. The van der Waals surface area contributed by atoms with Crippen molar-refractivity contribution in [1.29, 1.82) is 0 Å². The van der Waals surface area contributed by atoms with Crippen LogP contribution in [-0.2, 0) is 20.8 Å². The van der Waals surface area contributed by atoms with E-state index in [2.05, 4.69) is 27.4 Å². The minimum Gasteiger partial charge on any atom is -0.378 e. The molecule has 0 saturated carbocycles. The first kappa shape index (κ1) is 21.9. The lowest BCUT2D eigenvalue weighted by Gasteiger charge is -2.32. The highest BCUT2D eigenvalue weighted by Gasteiger charge is 2.21. The first-order valence-corrected chi connectivity index (χ1v) is 8.12. The first-order chi connectivity index (χ1) is 11.2. The maximum Gasteiger partial charge on any atom is 0.239 e. The Morgan fingerprint density at radius 3 is 2.88 bits per heavy atom. The van der Waals surface area contributed by atoms with Crippen LogP contribution in [0.2, 0.25) is 0 Å². The molecule has 3 rings (SSSR count).